The van der Waals surface area contributed by atoms with Gasteiger partial charge in [-0.05, 0) is 76.1 Å². The van der Waals surface area contributed by atoms with E-state index in [1.165, 1.54) is 12.0 Å². The van der Waals surface area contributed by atoms with Gasteiger partial charge in [-0.15, -0.1) is 0 Å². The number of imide groups is 1. The summed E-state index contributed by atoms with van der Waals surface area (Å²) in [5.41, 5.74) is 1.42. The Morgan fingerprint density at radius 3 is 2.59 bits per heavy atom. The summed E-state index contributed by atoms with van der Waals surface area (Å²) >= 11 is 10.2. The van der Waals surface area contributed by atoms with Crippen LogP contribution in [-0.2, 0) is 20.9 Å². The monoisotopic (exact) mass is 539 g/mol. The van der Waals surface area contributed by atoms with Crippen molar-refractivity contribution >= 4 is 62.5 Å². The van der Waals surface area contributed by atoms with Gasteiger partial charge in [0.2, 0.25) is 0 Å². The fourth-order valence-corrected chi connectivity index (χ4v) is 4.40. The van der Waals surface area contributed by atoms with Crippen LogP contribution in [0.1, 0.15) is 18.1 Å². The average Bonchev–Trinajstić information content (AvgIpc) is 3.01. The highest BCUT2D eigenvalue weighted by atomic mass is 79.9. The molecule has 1 aliphatic rings. The number of hydrogen-bond donors (Lipinski definition) is 0. The number of thioether (sulfide) groups is 1. The number of amides is 2. The van der Waals surface area contributed by atoms with E-state index < -0.39 is 5.97 Å². The SMILES string of the molecule is CCOC(=O)COc1c(Br)cc(/C=C2\SC(=O)N(Cc3ccc(Cl)cc3)C2=O)cc1OC. The van der Waals surface area contributed by atoms with Gasteiger partial charge in [0, 0.05) is 5.02 Å². The van der Waals surface area contributed by atoms with E-state index in [9.17, 15) is 14.4 Å². The number of carbonyl (C=O) groups is 3. The van der Waals surface area contributed by atoms with Gasteiger partial charge in [-0.3, -0.25) is 14.5 Å². The van der Waals surface area contributed by atoms with E-state index in [2.05, 4.69) is 15.9 Å². The minimum absolute atomic E-state index is 0.160. The second-order valence-corrected chi connectivity index (χ2v) is 8.81. The van der Waals surface area contributed by atoms with Crippen molar-refractivity contribution in [2.75, 3.05) is 20.3 Å². The molecule has 0 radical (unpaired) electrons. The van der Waals surface area contributed by atoms with Crippen molar-refractivity contribution in [2.24, 2.45) is 0 Å². The van der Waals surface area contributed by atoms with E-state index in [1.54, 1.807) is 49.4 Å². The molecule has 1 fully saturated rings. The number of ether oxygens (including phenoxy) is 3. The van der Waals surface area contributed by atoms with Crippen LogP contribution in [0.4, 0.5) is 4.79 Å². The molecule has 0 spiro atoms. The van der Waals surface area contributed by atoms with Crippen molar-refractivity contribution in [3.8, 4) is 11.5 Å². The summed E-state index contributed by atoms with van der Waals surface area (Å²) in [4.78, 5) is 38.3. The first kappa shape index (κ1) is 24.2. The lowest BCUT2D eigenvalue weighted by molar-refractivity contribution is -0.145. The first-order valence-electron chi connectivity index (χ1n) is 9.48. The normalized spacial score (nSPS) is 14.8. The summed E-state index contributed by atoms with van der Waals surface area (Å²) in [7, 11) is 1.46. The van der Waals surface area contributed by atoms with Crippen LogP contribution in [0, 0.1) is 0 Å². The van der Waals surface area contributed by atoms with E-state index >= 15 is 0 Å². The molecular formula is C22H19BrClNO6S. The highest BCUT2D eigenvalue weighted by molar-refractivity contribution is 9.10. The predicted octanol–water partition coefficient (Wildman–Crippen LogP) is 5.29. The van der Waals surface area contributed by atoms with Crippen LogP contribution in [0.3, 0.4) is 0 Å². The summed E-state index contributed by atoms with van der Waals surface area (Å²) in [6, 6.07) is 10.3. The molecular weight excluding hydrogens is 522 g/mol. The molecule has 0 saturated carbocycles. The molecule has 10 heteroatoms. The van der Waals surface area contributed by atoms with Crippen molar-refractivity contribution in [3.05, 3.63) is 61.9 Å². The van der Waals surface area contributed by atoms with Crippen molar-refractivity contribution in [1.82, 2.24) is 4.90 Å². The number of carbonyl (C=O) groups excluding carboxylic acids is 3. The fourth-order valence-electron chi connectivity index (χ4n) is 2.86. The Labute approximate surface area is 202 Å². The van der Waals surface area contributed by atoms with E-state index in [0.717, 1.165) is 17.3 Å². The maximum Gasteiger partial charge on any atom is 0.344 e. The zero-order valence-corrected chi connectivity index (χ0v) is 20.4. The van der Waals surface area contributed by atoms with E-state index in [-0.39, 0.29) is 35.8 Å². The lowest BCUT2D eigenvalue weighted by Crippen LogP contribution is -2.27. The van der Waals surface area contributed by atoms with Crippen LogP contribution in [0.5, 0.6) is 11.5 Å². The fraction of sp³-hybridized carbons (Fsp3) is 0.227. The summed E-state index contributed by atoms with van der Waals surface area (Å²) in [5, 5.41) is 0.230. The molecule has 1 heterocycles. The first-order chi connectivity index (χ1) is 15.3. The van der Waals surface area contributed by atoms with Crippen molar-refractivity contribution in [1.29, 1.82) is 0 Å². The number of rotatable bonds is 8. The van der Waals surface area contributed by atoms with Gasteiger partial charge in [-0.2, -0.15) is 0 Å². The number of methoxy groups -OCH3 is 1. The molecule has 3 rings (SSSR count). The molecule has 1 saturated heterocycles. The maximum atomic E-state index is 12.8. The second-order valence-electron chi connectivity index (χ2n) is 6.52. The summed E-state index contributed by atoms with van der Waals surface area (Å²) < 4.78 is 16.3. The molecule has 0 N–H and O–H groups in total. The number of benzene rings is 2. The van der Waals surface area contributed by atoms with Gasteiger partial charge < -0.3 is 14.2 Å². The Hall–Kier alpha value is -2.49. The van der Waals surface area contributed by atoms with Crippen molar-refractivity contribution in [2.45, 2.75) is 13.5 Å². The third kappa shape index (κ3) is 5.85. The number of esters is 1. The maximum absolute atomic E-state index is 12.8. The molecule has 0 atom stereocenters. The smallest absolute Gasteiger partial charge is 0.344 e. The molecule has 0 aromatic heterocycles. The first-order valence-corrected chi connectivity index (χ1v) is 11.5. The van der Waals surface area contributed by atoms with Crippen LogP contribution < -0.4 is 9.47 Å². The molecule has 2 amide bonds. The largest absolute Gasteiger partial charge is 0.493 e. The number of hydrogen-bond acceptors (Lipinski definition) is 7. The Morgan fingerprint density at radius 2 is 1.94 bits per heavy atom. The second kappa shape index (κ2) is 10.9. The molecule has 7 nitrogen and oxygen atoms in total. The van der Waals surface area contributed by atoms with E-state index in [1.807, 2.05) is 0 Å². The summed E-state index contributed by atoms with van der Waals surface area (Å²) in [5.74, 6) is -0.198. The van der Waals surface area contributed by atoms with Gasteiger partial charge in [0.1, 0.15) is 0 Å². The van der Waals surface area contributed by atoms with Gasteiger partial charge in [0.25, 0.3) is 11.1 Å². The molecule has 1 aliphatic heterocycles. The van der Waals surface area contributed by atoms with Gasteiger partial charge >= 0.3 is 5.97 Å². The summed E-state index contributed by atoms with van der Waals surface area (Å²) in [6.45, 7) is 1.85. The lowest BCUT2D eigenvalue weighted by Gasteiger charge is -2.13. The molecule has 0 bridgehead atoms. The Bertz CT molecular complexity index is 1070. The van der Waals surface area contributed by atoms with Crippen LogP contribution in [0.25, 0.3) is 6.08 Å². The highest BCUT2D eigenvalue weighted by Crippen LogP contribution is 2.39. The molecule has 2 aromatic carbocycles. The third-order valence-electron chi connectivity index (χ3n) is 4.32. The van der Waals surface area contributed by atoms with Crippen LogP contribution in [0.15, 0.2) is 45.8 Å². The van der Waals surface area contributed by atoms with Crippen molar-refractivity contribution < 1.29 is 28.6 Å². The van der Waals surface area contributed by atoms with Crippen LogP contribution >= 0.6 is 39.3 Å². The van der Waals surface area contributed by atoms with E-state index in [4.69, 9.17) is 25.8 Å². The zero-order valence-electron chi connectivity index (χ0n) is 17.2. The van der Waals surface area contributed by atoms with Gasteiger partial charge in [-0.1, -0.05) is 23.7 Å². The minimum Gasteiger partial charge on any atom is -0.493 e. The topological polar surface area (TPSA) is 82.1 Å². The minimum atomic E-state index is -0.500. The third-order valence-corrected chi connectivity index (χ3v) is 6.07. The molecule has 32 heavy (non-hydrogen) atoms. The van der Waals surface area contributed by atoms with Gasteiger partial charge in [0.05, 0.1) is 29.6 Å². The Morgan fingerprint density at radius 1 is 1.22 bits per heavy atom. The van der Waals surface area contributed by atoms with Crippen molar-refractivity contribution in [3.63, 3.8) is 0 Å². The molecule has 2 aromatic rings. The van der Waals surface area contributed by atoms with Crippen LogP contribution in [0.2, 0.25) is 5.02 Å². The number of halogens is 2. The number of nitrogens with zero attached hydrogens (tertiary/aromatic N) is 1. The molecule has 0 aliphatic carbocycles. The van der Waals surface area contributed by atoms with Gasteiger partial charge in [0.15, 0.2) is 18.1 Å². The summed E-state index contributed by atoms with van der Waals surface area (Å²) in [6.07, 6.45) is 1.61. The Kier molecular flexibility index (Phi) is 8.22. The highest BCUT2D eigenvalue weighted by Gasteiger charge is 2.35. The standard InChI is InChI=1S/C22H19BrClNO6S/c1-3-30-19(26)12-31-20-16(23)8-14(9-17(20)29-2)10-18-21(27)25(22(28)32-18)11-13-4-6-15(24)7-5-13/h4-10H,3,11-12H2,1-2H3/b18-10-. The molecule has 168 valence electrons. The van der Waals surface area contributed by atoms with Crippen LogP contribution in [-0.4, -0.2) is 42.3 Å². The lowest BCUT2D eigenvalue weighted by atomic mass is 10.1. The average molecular weight is 541 g/mol. The zero-order chi connectivity index (χ0) is 23.3. The quantitative estimate of drug-likeness (QED) is 0.332. The van der Waals surface area contributed by atoms with Gasteiger partial charge in [-0.25, -0.2) is 4.79 Å². The molecule has 0 unspecified atom stereocenters. The Balaban J connectivity index is 1.79. The predicted molar refractivity (Wildman–Crippen MR) is 126 cm³/mol. The van der Waals surface area contributed by atoms with E-state index in [0.29, 0.717) is 26.6 Å².